The minimum atomic E-state index is 0.426. The van der Waals surface area contributed by atoms with Crippen molar-refractivity contribution in [3.05, 3.63) is 23.9 Å². The summed E-state index contributed by atoms with van der Waals surface area (Å²) in [5.41, 5.74) is 0.619. The fourth-order valence-corrected chi connectivity index (χ4v) is 1.43. The van der Waals surface area contributed by atoms with Gasteiger partial charge in [0.2, 0.25) is 0 Å². The van der Waals surface area contributed by atoms with Gasteiger partial charge in [0.05, 0.1) is 0 Å². The third kappa shape index (κ3) is 2.31. The molecule has 0 saturated heterocycles. The van der Waals surface area contributed by atoms with E-state index in [-0.39, 0.29) is 0 Å². The molecular weight excluding hydrogens is 176 g/mol. The highest BCUT2D eigenvalue weighted by atomic mass is 16.1. The van der Waals surface area contributed by atoms with E-state index in [4.69, 9.17) is 0 Å². The van der Waals surface area contributed by atoms with Gasteiger partial charge in [-0.1, -0.05) is 0 Å². The van der Waals surface area contributed by atoms with E-state index in [0.29, 0.717) is 11.6 Å². The Labute approximate surface area is 84.8 Å². The Balaban J connectivity index is 2.89. The maximum absolute atomic E-state index is 10.4. The van der Waals surface area contributed by atoms with Crippen molar-refractivity contribution < 1.29 is 4.79 Å². The lowest BCUT2D eigenvalue weighted by atomic mass is 10.2. The molecular formula is C11H16N2O. The highest BCUT2D eigenvalue weighted by molar-refractivity contribution is 5.74. The average molecular weight is 192 g/mol. The van der Waals surface area contributed by atoms with E-state index in [1.165, 1.54) is 0 Å². The number of hydrogen-bond donors (Lipinski definition) is 0. The highest BCUT2D eigenvalue weighted by Crippen LogP contribution is 2.13. The molecule has 3 nitrogen and oxygen atoms in total. The van der Waals surface area contributed by atoms with Crippen LogP contribution in [0.5, 0.6) is 0 Å². The van der Waals surface area contributed by atoms with E-state index in [1.807, 2.05) is 6.07 Å². The van der Waals surface area contributed by atoms with Gasteiger partial charge in [-0.2, -0.15) is 0 Å². The Hall–Kier alpha value is -1.38. The average Bonchev–Trinajstić information content (AvgIpc) is 2.19. The minimum Gasteiger partial charge on any atom is -0.354 e. The molecule has 3 heteroatoms. The molecule has 0 spiro atoms. The molecule has 0 aliphatic carbocycles. The Kier molecular flexibility index (Phi) is 3.63. The summed E-state index contributed by atoms with van der Waals surface area (Å²) in [7, 11) is 0. The second-order valence-corrected chi connectivity index (χ2v) is 3.45. The van der Waals surface area contributed by atoms with Gasteiger partial charge in [0, 0.05) is 24.3 Å². The standard InChI is InChI=1S/C11H16N2O/c1-4-13(9(2)3)11-6-5-10(8-14)7-12-11/h5-9H,4H2,1-3H3. The van der Waals surface area contributed by atoms with Crippen LogP contribution in [0.15, 0.2) is 18.3 Å². The maximum Gasteiger partial charge on any atom is 0.151 e. The first-order valence-electron chi connectivity index (χ1n) is 4.87. The van der Waals surface area contributed by atoms with Crippen molar-refractivity contribution in [2.24, 2.45) is 0 Å². The van der Waals surface area contributed by atoms with Crippen LogP contribution >= 0.6 is 0 Å². The summed E-state index contributed by atoms with van der Waals surface area (Å²) in [5.74, 6) is 0.924. The Morgan fingerprint density at radius 1 is 1.50 bits per heavy atom. The minimum absolute atomic E-state index is 0.426. The normalized spacial score (nSPS) is 10.3. The molecule has 0 aliphatic heterocycles. The van der Waals surface area contributed by atoms with Crippen LogP contribution in [-0.4, -0.2) is 23.9 Å². The van der Waals surface area contributed by atoms with E-state index < -0.39 is 0 Å². The van der Waals surface area contributed by atoms with Crippen LogP contribution in [0.2, 0.25) is 0 Å². The zero-order valence-electron chi connectivity index (χ0n) is 8.90. The second-order valence-electron chi connectivity index (χ2n) is 3.45. The quantitative estimate of drug-likeness (QED) is 0.685. The highest BCUT2D eigenvalue weighted by Gasteiger charge is 2.08. The molecule has 76 valence electrons. The second kappa shape index (κ2) is 4.74. The zero-order valence-corrected chi connectivity index (χ0v) is 8.90. The lowest BCUT2D eigenvalue weighted by Crippen LogP contribution is -2.30. The Morgan fingerprint density at radius 3 is 2.57 bits per heavy atom. The first kappa shape index (κ1) is 10.7. The van der Waals surface area contributed by atoms with E-state index in [1.54, 1.807) is 12.3 Å². The summed E-state index contributed by atoms with van der Waals surface area (Å²) in [6.07, 6.45) is 2.41. The van der Waals surface area contributed by atoms with Gasteiger partial charge in [0.15, 0.2) is 6.29 Å². The van der Waals surface area contributed by atoms with Crippen LogP contribution < -0.4 is 4.90 Å². The van der Waals surface area contributed by atoms with Crippen LogP contribution in [0.25, 0.3) is 0 Å². The van der Waals surface area contributed by atoms with Crippen molar-refractivity contribution >= 4 is 12.1 Å². The van der Waals surface area contributed by atoms with Gasteiger partial charge in [0.1, 0.15) is 5.82 Å². The third-order valence-corrected chi connectivity index (χ3v) is 2.17. The topological polar surface area (TPSA) is 33.2 Å². The van der Waals surface area contributed by atoms with Gasteiger partial charge in [-0.05, 0) is 32.9 Å². The van der Waals surface area contributed by atoms with Crippen molar-refractivity contribution in [2.45, 2.75) is 26.8 Å². The molecule has 1 rings (SSSR count). The molecule has 0 amide bonds. The van der Waals surface area contributed by atoms with Crippen LogP contribution in [0.3, 0.4) is 0 Å². The number of nitrogens with zero attached hydrogens (tertiary/aromatic N) is 2. The maximum atomic E-state index is 10.4. The molecule has 1 aromatic heterocycles. The van der Waals surface area contributed by atoms with Gasteiger partial charge in [-0.15, -0.1) is 0 Å². The number of anilines is 1. The summed E-state index contributed by atoms with van der Waals surface area (Å²) >= 11 is 0. The number of rotatable bonds is 4. The summed E-state index contributed by atoms with van der Waals surface area (Å²) < 4.78 is 0. The summed E-state index contributed by atoms with van der Waals surface area (Å²) in [4.78, 5) is 16.8. The molecule has 1 heterocycles. The molecule has 0 aromatic carbocycles. The van der Waals surface area contributed by atoms with E-state index in [9.17, 15) is 4.79 Å². The number of aldehydes is 1. The van der Waals surface area contributed by atoms with Crippen LogP contribution in [0.4, 0.5) is 5.82 Å². The largest absolute Gasteiger partial charge is 0.354 e. The molecule has 0 N–H and O–H groups in total. The third-order valence-electron chi connectivity index (χ3n) is 2.17. The van der Waals surface area contributed by atoms with Crippen molar-refractivity contribution in [3.8, 4) is 0 Å². The smallest absolute Gasteiger partial charge is 0.151 e. The molecule has 1 aromatic rings. The fraction of sp³-hybridized carbons (Fsp3) is 0.455. The van der Waals surface area contributed by atoms with Crippen LogP contribution in [0, 0.1) is 0 Å². The number of aromatic nitrogens is 1. The molecule has 0 aliphatic rings. The van der Waals surface area contributed by atoms with Crippen molar-refractivity contribution in [2.75, 3.05) is 11.4 Å². The van der Waals surface area contributed by atoms with Crippen molar-refractivity contribution in [3.63, 3.8) is 0 Å². The monoisotopic (exact) mass is 192 g/mol. The predicted molar refractivity (Wildman–Crippen MR) is 57.8 cm³/mol. The van der Waals surface area contributed by atoms with Gasteiger partial charge < -0.3 is 4.90 Å². The molecule has 0 bridgehead atoms. The Morgan fingerprint density at radius 2 is 2.21 bits per heavy atom. The number of carbonyl (C=O) groups is 1. The number of carbonyl (C=O) groups excluding carboxylic acids is 1. The number of pyridine rings is 1. The lowest BCUT2D eigenvalue weighted by Gasteiger charge is -2.26. The fourth-order valence-electron chi connectivity index (χ4n) is 1.43. The zero-order chi connectivity index (χ0) is 10.6. The van der Waals surface area contributed by atoms with Crippen LogP contribution in [-0.2, 0) is 0 Å². The van der Waals surface area contributed by atoms with E-state index in [2.05, 4.69) is 30.7 Å². The predicted octanol–water partition coefficient (Wildman–Crippen LogP) is 2.13. The van der Waals surface area contributed by atoms with Crippen LogP contribution in [0.1, 0.15) is 31.1 Å². The lowest BCUT2D eigenvalue weighted by molar-refractivity contribution is 0.112. The summed E-state index contributed by atoms with van der Waals surface area (Å²) in [6, 6.07) is 4.10. The molecule has 0 atom stereocenters. The molecule has 14 heavy (non-hydrogen) atoms. The van der Waals surface area contributed by atoms with Gasteiger partial charge in [-0.3, -0.25) is 4.79 Å². The van der Waals surface area contributed by atoms with E-state index >= 15 is 0 Å². The summed E-state index contributed by atoms with van der Waals surface area (Å²) in [6.45, 7) is 7.26. The number of hydrogen-bond acceptors (Lipinski definition) is 3. The van der Waals surface area contributed by atoms with Gasteiger partial charge in [-0.25, -0.2) is 4.98 Å². The molecule has 0 fully saturated rings. The molecule has 0 saturated carbocycles. The van der Waals surface area contributed by atoms with Crippen molar-refractivity contribution in [1.29, 1.82) is 0 Å². The first-order chi connectivity index (χ1) is 6.69. The Bertz CT molecular complexity index is 293. The first-order valence-corrected chi connectivity index (χ1v) is 4.87. The molecule has 0 radical (unpaired) electrons. The SMILES string of the molecule is CCN(c1ccc(C=O)cn1)C(C)C. The van der Waals surface area contributed by atoms with Gasteiger partial charge in [0.25, 0.3) is 0 Å². The van der Waals surface area contributed by atoms with Crippen molar-refractivity contribution in [1.82, 2.24) is 4.98 Å². The van der Waals surface area contributed by atoms with Gasteiger partial charge >= 0.3 is 0 Å². The molecule has 0 unspecified atom stereocenters. The summed E-state index contributed by atoms with van der Waals surface area (Å²) in [5, 5.41) is 0. The van der Waals surface area contributed by atoms with E-state index in [0.717, 1.165) is 18.6 Å².